The molecule has 1 N–H and O–H groups in total. The van der Waals surface area contributed by atoms with E-state index in [1.54, 1.807) is 20.1 Å². The molecule has 0 heterocycles. The van der Waals surface area contributed by atoms with Gasteiger partial charge in [-0.1, -0.05) is 13.0 Å². The lowest BCUT2D eigenvalue weighted by Crippen LogP contribution is -2.08. The average molecular weight is 172 g/mol. The van der Waals surface area contributed by atoms with Gasteiger partial charge in [0.05, 0.1) is 6.10 Å². The van der Waals surface area contributed by atoms with Crippen LogP contribution in [0.2, 0.25) is 0 Å². The van der Waals surface area contributed by atoms with E-state index in [1.807, 2.05) is 6.92 Å². The maximum absolute atomic E-state index is 10.4. The highest BCUT2D eigenvalue weighted by Gasteiger charge is 2.04. The van der Waals surface area contributed by atoms with Crippen LogP contribution in [0, 0.1) is 0 Å². The molecule has 0 rings (SSSR count). The van der Waals surface area contributed by atoms with E-state index >= 15 is 0 Å². The van der Waals surface area contributed by atoms with E-state index < -0.39 is 5.97 Å². The smallest absolute Gasteiger partial charge is 0.330 e. The van der Waals surface area contributed by atoms with Crippen molar-refractivity contribution in [3.63, 3.8) is 0 Å². The summed E-state index contributed by atoms with van der Waals surface area (Å²) in [5.74, 6) is -0.860. The van der Waals surface area contributed by atoms with Crippen LogP contribution in [0.15, 0.2) is 11.6 Å². The summed E-state index contributed by atoms with van der Waals surface area (Å²) in [5.41, 5.74) is 0.380. The van der Waals surface area contributed by atoms with Gasteiger partial charge in [-0.05, 0) is 19.8 Å². The molecule has 0 saturated carbocycles. The van der Waals surface area contributed by atoms with Gasteiger partial charge < -0.3 is 9.84 Å². The Bertz CT molecular complexity index is 169. The summed E-state index contributed by atoms with van der Waals surface area (Å²) in [5, 5.41) is 8.53. The predicted molar refractivity (Wildman–Crippen MR) is 47.1 cm³/mol. The van der Waals surface area contributed by atoms with Crippen LogP contribution in [-0.4, -0.2) is 24.3 Å². The van der Waals surface area contributed by atoms with Crippen molar-refractivity contribution in [2.75, 3.05) is 7.11 Å². The Morgan fingerprint density at radius 2 is 2.25 bits per heavy atom. The average Bonchev–Trinajstić information content (AvgIpc) is 2.05. The summed E-state index contributed by atoms with van der Waals surface area (Å²) in [6.45, 7) is 3.60. The van der Waals surface area contributed by atoms with Crippen LogP contribution in [0.5, 0.6) is 0 Å². The first-order valence-corrected chi connectivity index (χ1v) is 4.04. The molecule has 1 atom stereocenters. The van der Waals surface area contributed by atoms with Crippen LogP contribution in [-0.2, 0) is 9.53 Å². The fourth-order valence-corrected chi connectivity index (χ4v) is 0.825. The molecule has 0 spiro atoms. The van der Waals surface area contributed by atoms with Crippen LogP contribution in [0.3, 0.4) is 0 Å². The molecule has 0 aromatic rings. The van der Waals surface area contributed by atoms with Crippen LogP contribution >= 0.6 is 0 Å². The van der Waals surface area contributed by atoms with Crippen LogP contribution in [0.4, 0.5) is 0 Å². The molecule has 0 aliphatic rings. The van der Waals surface area contributed by atoms with Gasteiger partial charge >= 0.3 is 5.97 Å². The number of methoxy groups -OCH3 is 1. The van der Waals surface area contributed by atoms with E-state index in [9.17, 15) is 4.79 Å². The van der Waals surface area contributed by atoms with Gasteiger partial charge in [0.2, 0.25) is 0 Å². The highest BCUT2D eigenvalue weighted by Crippen LogP contribution is 2.05. The van der Waals surface area contributed by atoms with Crippen LogP contribution in [0.1, 0.15) is 26.7 Å². The van der Waals surface area contributed by atoms with E-state index in [4.69, 9.17) is 9.84 Å². The normalized spacial score (nSPS) is 14.4. The molecule has 0 aromatic carbocycles. The summed E-state index contributed by atoms with van der Waals surface area (Å²) in [7, 11) is 1.64. The molecule has 0 saturated heterocycles. The van der Waals surface area contributed by atoms with Crippen molar-refractivity contribution in [3.8, 4) is 0 Å². The molecule has 0 aliphatic carbocycles. The van der Waals surface area contributed by atoms with Gasteiger partial charge in [-0.3, -0.25) is 0 Å². The zero-order chi connectivity index (χ0) is 9.56. The van der Waals surface area contributed by atoms with Crippen molar-refractivity contribution in [3.05, 3.63) is 11.6 Å². The number of rotatable bonds is 5. The Morgan fingerprint density at radius 3 is 2.58 bits per heavy atom. The first kappa shape index (κ1) is 11.2. The second kappa shape index (κ2) is 5.77. The highest BCUT2D eigenvalue weighted by atomic mass is 16.5. The van der Waals surface area contributed by atoms with Gasteiger partial charge in [-0.25, -0.2) is 4.79 Å². The molecule has 12 heavy (non-hydrogen) atoms. The molecule has 70 valence electrons. The summed E-state index contributed by atoms with van der Waals surface area (Å²) < 4.78 is 5.09. The van der Waals surface area contributed by atoms with Crippen molar-refractivity contribution in [1.29, 1.82) is 0 Å². The van der Waals surface area contributed by atoms with Crippen molar-refractivity contribution >= 4 is 5.97 Å². The largest absolute Gasteiger partial charge is 0.478 e. The summed E-state index contributed by atoms with van der Waals surface area (Å²) in [6.07, 6.45) is 3.41. The number of carboxylic acids is 1. The lowest BCUT2D eigenvalue weighted by molar-refractivity contribution is -0.132. The number of ether oxygens (including phenoxy) is 1. The zero-order valence-corrected chi connectivity index (χ0v) is 7.83. The minimum atomic E-state index is -0.860. The van der Waals surface area contributed by atoms with Gasteiger partial charge in [0.25, 0.3) is 0 Å². The molecular formula is C9H16O3. The third kappa shape index (κ3) is 4.13. The van der Waals surface area contributed by atoms with Gasteiger partial charge in [0.1, 0.15) is 0 Å². The quantitative estimate of drug-likeness (QED) is 0.643. The minimum Gasteiger partial charge on any atom is -0.478 e. The highest BCUT2D eigenvalue weighted by molar-refractivity contribution is 5.85. The molecule has 3 nitrogen and oxygen atoms in total. The van der Waals surface area contributed by atoms with Crippen molar-refractivity contribution < 1.29 is 14.6 Å². The topological polar surface area (TPSA) is 46.5 Å². The number of hydrogen-bond acceptors (Lipinski definition) is 2. The Morgan fingerprint density at radius 1 is 1.67 bits per heavy atom. The SMILES string of the molecule is CCC(CC=C(C)C(=O)O)OC. The third-order valence-corrected chi connectivity index (χ3v) is 1.81. The predicted octanol–water partition coefficient (Wildman–Crippen LogP) is 1.83. The van der Waals surface area contributed by atoms with Gasteiger partial charge in [-0.2, -0.15) is 0 Å². The first-order chi connectivity index (χ1) is 5.61. The Hall–Kier alpha value is -0.830. The summed E-state index contributed by atoms with van der Waals surface area (Å²) in [6, 6.07) is 0. The number of carbonyl (C=O) groups is 1. The number of aliphatic carboxylic acids is 1. The maximum atomic E-state index is 10.4. The first-order valence-electron chi connectivity index (χ1n) is 4.04. The lowest BCUT2D eigenvalue weighted by atomic mass is 10.1. The number of carboxylic acid groups (broad SMARTS) is 1. The van der Waals surface area contributed by atoms with Gasteiger partial charge in [0, 0.05) is 12.7 Å². The molecular weight excluding hydrogens is 156 g/mol. The molecule has 0 aromatic heterocycles. The fraction of sp³-hybridized carbons (Fsp3) is 0.667. The number of hydrogen-bond donors (Lipinski definition) is 1. The second-order valence-corrected chi connectivity index (χ2v) is 2.69. The molecule has 0 bridgehead atoms. The van der Waals surface area contributed by atoms with Gasteiger partial charge in [-0.15, -0.1) is 0 Å². The van der Waals surface area contributed by atoms with E-state index in [-0.39, 0.29) is 6.10 Å². The summed E-state index contributed by atoms with van der Waals surface area (Å²) in [4.78, 5) is 10.4. The molecule has 0 amide bonds. The lowest BCUT2D eigenvalue weighted by Gasteiger charge is -2.09. The summed E-state index contributed by atoms with van der Waals surface area (Å²) >= 11 is 0. The molecule has 3 heteroatoms. The molecule has 0 aliphatic heterocycles. The van der Waals surface area contributed by atoms with E-state index in [1.165, 1.54) is 0 Å². The van der Waals surface area contributed by atoms with Gasteiger partial charge in [0.15, 0.2) is 0 Å². The molecule has 0 radical (unpaired) electrons. The Kier molecular flexibility index (Phi) is 5.37. The van der Waals surface area contributed by atoms with E-state index in [2.05, 4.69) is 0 Å². The standard InChI is InChI=1S/C9H16O3/c1-4-8(12-3)6-5-7(2)9(10)11/h5,8H,4,6H2,1-3H3,(H,10,11). The Balaban J connectivity index is 3.93. The van der Waals surface area contributed by atoms with Crippen molar-refractivity contribution in [2.24, 2.45) is 0 Å². The van der Waals surface area contributed by atoms with E-state index in [0.717, 1.165) is 6.42 Å². The van der Waals surface area contributed by atoms with Crippen LogP contribution in [0.25, 0.3) is 0 Å². The molecule has 1 unspecified atom stereocenters. The van der Waals surface area contributed by atoms with Crippen LogP contribution < -0.4 is 0 Å². The van der Waals surface area contributed by atoms with Crippen molar-refractivity contribution in [2.45, 2.75) is 32.8 Å². The van der Waals surface area contributed by atoms with Crippen molar-refractivity contribution in [1.82, 2.24) is 0 Å². The zero-order valence-electron chi connectivity index (χ0n) is 7.83. The fourth-order valence-electron chi connectivity index (χ4n) is 0.825. The van der Waals surface area contributed by atoms with E-state index in [0.29, 0.717) is 12.0 Å². The third-order valence-electron chi connectivity index (χ3n) is 1.81. The maximum Gasteiger partial charge on any atom is 0.330 e. The second-order valence-electron chi connectivity index (χ2n) is 2.69. The Labute approximate surface area is 73.0 Å². The minimum absolute atomic E-state index is 0.138. The monoisotopic (exact) mass is 172 g/mol. The molecule has 0 fully saturated rings.